The van der Waals surface area contributed by atoms with Gasteiger partial charge < -0.3 is 15.7 Å². The van der Waals surface area contributed by atoms with Gasteiger partial charge in [0, 0.05) is 16.7 Å². The molecule has 0 radical (unpaired) electrons. The Morgan fingerprint density at radius 2 is 2.00 bits per heavy atom. The Kier molecular flexibility index (Phi) is 6.52. The molecule has 1 amide bonds. The number of rotatable bonds is 3. The van der Waals surface area contributed by atoms with Crippen LogP contribution < -0.4 is 5.73 Å². The van der Waals surface area contributed by atoms with E-state index in [1.807, 2.05) is 18.2 Å². The highest BCUT2D eigenvalue weighted by atomic mass is 127. The lowest BCUT2D eigenvalue weighted by Crippen LogP contribution is -2.45. The second-order valence-corrected chi connectivity index (χ2v) is 5.80. The van der Waals surface area contributed by atoms with Gasteiger partial charge in [0.15, 0.2) is 0 Å². The first-order chi connectivity index (χ1) is 8.59. The van der Waals surface area contributed by atoms with Crippen molar-refractivity contribution in [3.05, 3.63) is 33.4 Å². The van der Waals surface area contributed by atoms with Crippen LogP contribution in [0.3, 0.4) is 0 Å². The molecule has 0 bridgehead atoms. The Morgan fingerprint density at radius 3 is 2.58 bits per heavy atom. The number of aliphatic hydroxyl groups is 1. The Balaban J connectivity index is 0.00000180. The van der Waals surface area contributed by atoms with Crippen LogP contribution in [0.15, 0.2) is 24.3 Å². The zero-order chi connectivity index (χ0) is 13.1. The van der Waals surface area contributed by atoms with Crippen molar-refractivity contribution in [1.82, 2.24) is 4.90 Å². The number of nitrogens with zero attached hydrogens (tertiary/aromatic N) is 1. The third-order valence-electron chi connectivity index (χ3n) is 3.23. The second-order valence-electron chi connectivity index (χ2n) is 4.56. The molecule has 1 aliphatic rings. The molecule has 0 aliphatic carbocycles. The first-order valence-electron chi connectivity index (χ1n) is 6.07. The van der Waals surface area contributed by atoms with Crippen LogP contribution >= 0.6 is 35.0 Å². The Bertz CT molecular complexity index is 438. The molecule has 1 heterocycles. The van der Waals surface area contributed by atoms with Crippen LogP contribution in [0.1, 0.15) is 24.5 Å². The van der Waals surface area contributed by atoms with E-state index in [0.717, 1.165) is 29.5 Å². The van der Waals surface area contributed by atoms with E-state index in [2.05, 4.69) is 22.6 Å². The van der Waals surface area contributed by atoms with E-state index in [1.54, 1.807) is 11.0 Å². The van der Waals surface area contributed by atoms with Crippen LogP contribution in [-0.4, -0.2) is 35.0 Å². The monoisotopic (exact) mass is 396 g/mol. The molecule has 1 saturated heterocycles. The minimum Gasteiger partial charge on any atom is -0.386 e. The molecule has 0 saturated carbocycles. The number of aliphatic hydroxyl groups excluding tert-OH is 1. The molecule has 4 nitrogen and oxygen atoms in total. The van der Waals surface area contributed by atoms with Crippen molar-refractivity contribution < 1.29 is 9.90 Å². The number of likely N-dealkylation sites (tertiary alicyclic amines) is 1. The van der Waals surface area contributed by atoms with E-state index in [4.69, 9.17) is 5.73 Å². The van der Waals surface area contributed by atoms with Crippen LogP contribution in [-0.2, 0) is 4.79 Å². The third-order valence-corrected chi connectivity index (χ3v) is 3.90. The molecular formula is C13H18ClIN2O2. The van der Waals surface area contributed by atoms with Gasteiger partial charge >= 0.3 is 0 Å². The van der Waals surface area contributed by atoms with Crippen molar-refractivity contribution in [3.63, 3.8) is 0 Å². The molecule has 6 heteroatoms. The lowest BCUT2D eigenvalue weighted by Gasteiger charge is -2.24. The van der Waals surface area contributed by atoms with E-state index in [-0.39, 0.29) is 18.3 Å². The molecular weight excluding hydrogens is 379 g/mol. The predicted octanol–water partition coefficient (Wildman–Crippen LogP) is 1.70. The van der Waals surface area contributed by atoms with Gasteiger partial charge in [0.2, 0.25) is 5.91 Å². The number of carbonyl (C=O) groups excluding carboxylic acids is 1. The zero-order valence-corrected chi connectivity index (χ0v) is 13.4. The largest absolute Gasteiger partial charge is 0.386 e. The van der Waals surface area contributed by atoms with Gasteiger partial charge in [0.25, 0.3) is 0 Å². The highest BCUT2D eigenvalue weighted by molar-refractivity contribution is 14.1. The first kappa shape index (κ1) is 16.7. The van der Waals surface area contributed by atoms with Crippen LogP contribution in [0.5, 0.6) is 0 Å². The Labute approximate surface area is 132 Å². The van der Waals surface area contributed by atoms with E-state index in [0.29, 0.717) is 5.56 Å². The maximum absolute atomic E-state index is 12.1. The number of hydrogen-bond acceptors (Lipinski definition) is 3. The van der Waals surface area contributed by atoms with E-state index < -0.39 is 12.1 Å². The van der Waals surface area contributed by atoms with Crippen LogP contribution in [0.25, 0.3) is 0 Å². The standard InChI is InChI=1S/C13H17IN2O2.ClH/c14-10-5-3-4-9(8-10)12(17)11(15)13(18)16-6-1-2-7-16;/h3-5,8,11-12,17H,1-2,6-7,15H2;1H. The third kappa shape index (κ3) is 4.05. The Hall–Kier alpha value is -0.370. The van der Waals surface area contributed by atoms with Crippen molar-refractivity contribution in [2.24, 2.45) is 5.73 Å². The number of carbonyl (C=O) groups is 1. The SMILES string of the molecule is Cl.NC(C(=O)N1CCCC1)C(O)c1cccc(I)c1. The van der Waals surface area contributed by atoms with Crippen molar-refractivity contribution in [3.8, 4) is 0 Å². The summed E-state index contributed by atoms with van der Waals surface area (Å²) in [5, 5.41) is 10.2. The fourth-order valence-electron chi connectivity index (χ4n) is 2.18. The first-order valence-corrected chi connectivity index (χ1v) is 7.15. The minimum atomic E-state index is -0.937. The fraction of sp³-hybridized carbons (Fsp3) is 0.462. The average Bonchev–Trinajstić information content (AvgIpc) is 2.90. The van der Waals surface area contributed by atoms with Gasteiger partial charge in [-0.25, -0.2) is 0 Å². The number of benzene rings is 1. The molecule has 3 N–H and O–H groups in total. The topological polar surface area (TPSA) is 66.6 Å². The molecule has 0 aromatic heterocycles. The molecule has 2 atom stereocenters. The van der Waals surface area contributed by atoms with Crippen LogP contribution in [0.2, 0.25) is 0 Å². The molecule has 1 aromatic carbocycles. The fourth-order valence-corrected chi connectivity index (χ4v) is 2.75. The van der Waals surface area contributed by atoms with E-state index in [1.165, 1.54) is 0 Å². The van der Waals surface area contributed by atoms with Gasteiger partial charge in [-0.2, -0.15) is 0 Å². The molecule has 1 aromatic rings. The molecule has 2 rings (SSSR count). The second kappa shape index (κ2) is 7.42. The molecule has 2 unspecified atom stereocenters. The van der Waals surface area contributed by atoms with Gasteiger partial charge in [-0.3, -0.25) is 4.79 Å². The smallest absolute Gasteiger partial charge is 0.242 e. The summed E-state index contributed by atoms with van der Waals surface area (Å²) < 4.78 is 1.02. The maximum atomic E-state index is 12.1. The van der Waals surface area contributed by atoms with E-state index in [9.17, 15) is 9.90 Å². The van der Waals surface area contributed by atoms with Gasteiger partial charge in [0.05, 0.1) is 0 Å². The summed E-state index contributed by atoms with van der Waals surface area (Å²) in [6, 6.07) is 6.56. The quantitative estimate of drug-likeness (QED) is 0.764. The van der Waals surface area contributed by atoms with Gasteiger partial charge in [-0.1, -0.05) is 12.1 Å². The predicted molar refractivity (Wildman–Crippen MR) is 85.2 cm³/mol. The Morgan fingerprint density at radius 1 is 1.37 bits per heavy atom. The maximum Gasteiger partial charge on any atom is 0.242 e. The van der Waals surface area contributed by atoms with Crippen molar-refractivity contribution >= 4 is 40.9 Å². The van der Waals surface area contributed by atoms with Gasteiger partial charge in [-0.15, -0.1) is 12.4 Å². The molecule has 19 heavy (non-hydrogen) atoms. The average molecular weight is 397 g/mol. The summed E-state index contributed by atoms with van der Waals surface area (Å²) in [5.74, 6) is -0.154. The van der Waals surface area contributed by atoms with Crippen molar-refractivity contribution in [2.75, 3.05) is 13.1 Å². The number of amides is 1. The summed E-state index contributed by atoms with van der Waals surface area (Å²) >= 11 is 2.17. The van der Waals surface area contributed by atoms with Crippen LogP contribution in [0.4, 0.5) is 0 Å². The van der Waals surface area contributed by atoms with E-state index >= 15 is 0 Å². The highest BCUT2D eigenvalue weighted by Gasteiger charge is 2.29. The lowest BCUT2D eigenvalue weighted by molar-refractivity contribution is -0.134. The number of halogens is 2. The molecule has 106 valence electrons. The zero-order valence-electron chi connectivity index (χ0n) is 10.5. The van der Waals surface area contributed by atoms with Crippen molar-refractivity contribution in [1.29, 1.82) is 0 Å². The minimum absolute atomic E-state index is 0. The number of hydrogen-bond donors (Lipinski definition) is 2. The molecule has 1 aliphatic heterocycles. The van der Waals surface area contributed by atoms with Crippen molar-refractivity contribution in [2.45, 2.75) is 25.0 Å². The van der Waals surface area contributed by atoms with Gasteiger partial charge in [-0.05, 0) is 53.1 Å². The summed E-state index contributed by atoms with van der Waals surface area (Å²) in [7, 11) is 0. The highest BCUT2D eigenvalue weighted by Crippen LogP contribution is 2.20. The normalized spacial score (nSPS) is 17.7. The van der Waals surface area contributed by atoms with Gasteiger partial charge in [0.1, 0.15) is 12.1 Å². The van der Waals surface area contributed by atoms with Crippen LogP contribution in [0, 0.1) is 3.57 Å². The molecule has 1 fully saturated rings. The lowest BCUT2D eigenvalue weighted by atomic mass is 10.0. The summed E-state index contributed by atoms with van der Waals surface area (Å²) in [4.78, 5) is 13.8. The molecule has 0 spiro atoms. The summed E-state index contributed by atoms with van der Waals surface area (Å²) in [6.45, 7) is 1.51. The number of nitrogens with two attached hydrogens (primary N) is 1. The summed E-state index contributed by atoms with van der Waals surface area (Å²) in [6.07, 6.45) is 1.11. The summed E-state index contributed by atoms with van der Waals surface area (Å²) in [5.41, 5.74) is 6.58.